The largest absolute Gasteiger partial charge is 0.388 e. The first-order chi connectivity index (χ1) is 9.97. The van der Waals surface area contributed by atoms with Gasteiger partial charge in [-0.1, -0.05) is 20.3 Å². The molecule has 0 unspecified atom stereocenters. The van der Waals surface area contributed by atoms with Gasteiger partial charge in [0.25, 0.3) is 5.91 Å². The van der Waals surface area contributed by atoms with Crippen LogP contribution in [0.25, 0.3) is 0 Å². The molecule has 0 bridgehead atoms. The van der Waals surface area contributed by atoms with Crippen molar-refractivity contribution < 1.29 is 9.90 Å². The van der Waals surface area contributed by atoms with Crippen LogP contribution in [0.4, 0.5) is 0 Å². The van der Waals surface area contributed by atoms with E-state index in [2.05, 4.69) is 26.1 Å². The Morgan fingerprint density at radius 3 is 2.62 bits per heavy atom. The van der Waals surface area contributed by atoms with Gasteiger partial charge in [-0.3, -0.25) is 4.79 Å². The van der Waals surface area contributed by atoms with Crippen molar-refractivity contribution in [2.24, 2.45) is 5.92 Å². The van der Waals surface area contributed by atoms with Crippen LogP contribution < -0.4 is 5.32 Å². The van der Waals surface area contributed by atoms with E-state index in [1.165, 1.54) is 16.9 Å². The minimum Gasteiger partial charge on any atom is -0.388 e. The number of hydrogen-bond donors (Lipinski definition) is 2. The highest BCUT2D eigenvalue weighted by Gasteiger charge is 2.33. The van der Waals surface area contributed by atoms with Gasteiger partial charge in [0.05, 0.1) is 10.5 Å². The Balaban J connectivity index is 1.88. The maximum atomic E-state index is 12.2. The van der Waals surface area contributed by atoms with Crippen LogP contribution in [-0.2, 0) is 6.42 Å². The second-order valence-corrected chi connectivity index (χ2v) is 7.56. The number of thiophene rings is 1. The van der Waals surface area contributed by atoms with Gasteiger partial charge >= 0.3 is 0 Å². The normalized spacial score (nSPS) is 25.8. The van der Waals surface area contributed by atoms with Crippen molar-refractivity contribution in [1.82, 2.24) is 5.32 Å². The third-order valence-corrected chi connectivity index (χ3v) is 5.91. The molecule has 21 heavy (non-hydrogen) atoms. The molecule has 0 saturated heterocycles. The highest BCUT2D eigenvalue weighted by atomic mass is 32.1. The summed E-state index contributed by atoms with van der Waals surface area (Å²) >= 11 is 1.54. The molecule has 4 heteroatoms. The molecule has 1 heterocycles. The van der Waals surface area contributed by atoms with E-state index in [0.717, 1.165) is 42.9 Å². The van der Waals surface area contributed by atoms with E-state index in [-0.39, 0.29) is 5.91 Å². The third-order valence-electron chi connectivity index (χ3n) is 4.82. The van der Waals surface area contributed by atoms with Crippen molar-refractivity contribution in [3.05, 3.63) is 21.4 Å². The van der Waals surface area contributed by atoms with E-state index in [9.17, 15) is 9.90 Å². The Labute approximate surface area is 131 Å². The van der Waals surface area contributed by atoms with Gasteiger partial charge in [0.2, 0.25) is 0 Å². The lowest BCUT2D eigenvalue weighted by Gasteiger charge is -2.35. The molecule has 1 aromatic heterocycles. The third kappa shape index (κ3) is 4.07. The number of nitrogens with one attached hydrogen (secondary N) is 1. The van der Waals surface area contributed by atoms with Gasteiger partial charge in [-0.05, 0) is 56.6 Å². The average molecular weight is 309 g/mol. The van der Waals surface area contributed by atoms with Crippen LogP contribution in [0.5, 0.6) is 0 Å². The number of carbonyl (C=O) groups is 1. The van der Waals surface area contributed by atoms with Crippen molar-refractivity contribution in [2.45, 2.75) is 64.9 Å². The molecule has 1 fully saturated rings. The van der Waals surface area contributed by atoms with E-state index in [1.54, 1.807) is 11.3 Å². The standard InChI is InChI=1S/C17H27NO2S/c1-4-13-6-8-17(20,9-7-13)11-18-16(19)15-10-14(5-2)12(3)21-15/h10,13,20H,4-9,11H2,1-3H3,(H,18,19). The van der Waals surface area contributed by atoms with Gasteiger partial charge in [-0.2, -0.15) is 0 Å². The van der Waals surface area contributed by atoms with E-state index in [1.807, 2.05) is 6.07 Å². The highest BCUT2D eigenvalue weighted by Crippen LogP contribution is 2.33. The van der Waals surface area contributed by atoms with Crippen LogP contribution in [0.1, 0.15) is 66.1 Å². The van der Waals surface area contributed by atoms with Crippen LogP contribution in [0.15, 0.2) is 6.07 Å². The molecule has 0 aromatic carbocycles. The van der Waals surface area contributed by atoms with Gasteiger partial charge in [-0.25, -0.2) is 0 Å². The Kier molecular flexibility index (Phi) is 5.44. The lowest BCUT2D eigenvalue weighted by molar-refractivity contribution is -0.00783. The molecule has 2 N–H and O–H groups in total. The summed E-state index contributed by atoms with van der Waals surface area (Å²) in [4.78, 5) is 14.2. The van der Waals surface area contributed by atoms with Gasteiger partial charge in [0.1, 0.15) is 0 Å². The first-order valence-corrected chi connectivity index (χ1v) is 8.89. The number of carbonyl (C=O) groups excluding carboxylic acids is 1. The number of aliphatic hydroxyl groups is 1. The summed E-state index contributed by atoms with van der Waals surface area (Å²) in [5.74, 6) is 0.696. The zero-order chi connectivity index (χ0) is 15.5. The number of hydrogen-bond acceptors (Lipinski definition) is 3. The Morgan fingerprint density at radius 1 is 1.43 bits per heavy atom. The molecule has 1 aromatic rings. The lowest BCUT2D eigenvalue weighted by Crippen LogP contribution is -2.45. The summed E-state index contributed by atoms with van der Waals surface area (Å²) < 4.78 is 0. The van der Waals surface area contributed by atoms with Crippen LogP contribution in [0.3, 0.4) is 0 Å². The fourth-order valence-corrected chi connectivity index (χ4v) is 4.14. The minimum absolute atomic E-state index is 0.0474. The number of amides is 1. The molecule has 0 radical (unpaired) electrons. The van der Waals surface area contributed by atoms with E-state index < -0.39 is 5.60 Å². The summed E-state index contributed by atoms with van der Waals surface area (Å²) in [6.45, 7) is 6.74. The van der Waals surface area contributed by atoms with Crippen LogP contribution >= 0.6 is 11.3 Å². The Bertz CT molecular complexity index is 487. The smallest absolute Gasteiger partial charge is 0.261 e. The molecule has 1 aliphatic rings. The van der Waals surface area contributed by atoms with Crippen molar-refractivity contribution in [2.75, 3.05) is 6.54 Å². The molecule has 0 aliphatic heterocycles. The molecule has 2 rings (SSSR count). The molecule has 0 spiro atoms. The average Bonchev–Trinajstić information content (AvgIpc) is 2.87. The maximum absolute atomic E-state index is 12.2. The Morgan fingerprint density at radius 2 is 2.10 bits per heavy atom. The predicted octanol–water partition coefficient (Wildman–Crippen LogP) is 3.68. The zero-order valence-electron chi connectivity index (χ0n) is 13.4. The van der Waals surface area contributed by atoms with E-state index in [0.29, 0.717) is 6.54 Å². The van der Waals surface area contributed by atoms with E-state index in [4.69, 9.17) is 0 Å². The first-order valence-electron chi connectivity index (χ1n) is 8.07. The fourth-order valence-electron chi connectivity index (χ4n) is 3.11. The summed E-state index contributed by atoms with van der Waals surface area (Å²) in [6, 6.07) is 1.98. The first kappa shape index (κ1) is 16.5. The molecule has 1 aliphatic carbocycles. The van der Waals surface area contributed by atoms with Gasteiger partial charge in [-0.15, -0.1) is 11.3 Å². The second-order valence-electron chi connectivity index (χ2n) is 6.30. The van der Waals surface area contributed by atoms with E-state index >= 15 is 0 Å². The SMILES string of the molecule is CCc1cc(C(=O)NCC2(O)CCC(CC)CC2)sc1C. The summed E-state index contributed by atoms with van der Waals surface area (Å²) in [7, 11) is 0. The van der Waals surface area contributed by atoms with Crippen molar-refractivity contribution in [1.29, 1.82) is 0 Å². The van der Waals surface area contributed by atoms with Crippen LogP contribution in [0.2, 0.25) is 0 Å². The Hall–Kier alpha value is -0.870. The monoisotopic (exact) mass is 309 g/mol. The van der Waals surface area contributed by atoms with Crippen molar-refractivity contribution >= 4 is 17.2 Å². The summed E-state index contributed by atoms with van der Waals surface area (Å²) in [5.41, 5.74) is 0.536. The van der Waals surface area contributed by atoms with Gasteiger partial charge in [0.15, 0.2) is 0 Å². The fraction of sp³-hybridized carbons (Fsp3) is 0.706. The second kappa shape index (κ2) is 6.93. The summed E-state index contributed by atoms with van der Waals surface area (Å²) in [5, 5.41) is 13.5. The summed E-state index contributed by atoms with van der Waals surface area (Å²) in [6.07, 6.45) is 5.89. The number of rotatable bonds is 5. The molecule has 118 valence electrons. The maximum Gasteiger partial charge on any atom is 0.261 e. The minimum atomic E-state index is -0.707. The van der Waals surface area contributed by atoms with Crippen molar-refractivity contribution in [3.8, 4) is 0 Å². The molecule has 0 atom stereocenters. The van der Waals surface area contributed by atoms with Crippen LogP contribution in [-0.4, -0.2) is 23.2 Å². The molecular weight excluding hydrogens is 282 g/mol. The zero-order valence-corrected chi connectivity index (χ0v) is 14.2. The molecular formula is C17H27NO2S. The van der Waals surface area contributed by atoms with Crippen LogP contribution in [0, 0.1) is 12.8 Å². The van der Waals surface area contributed by atoms with Crippen molar-refractivity contribution in [3.63, 3.8) is 0 Å². The van der Waals surface area contributed by atoms with Gasteiger partial charge in [0, 0.05) is 11.4 Å². The number of aryl methyl sites for hydroxylation is 2. The predicted molar refractivity (Wildman–Crippen MR) is 88.0 cm³/mol. The topological polar surface area (TPSA) is 49.3 Å². The molecule has 3 nitrogen and oxygen atoms in total. The molecule has 1 saturated carbocycles. The lowest BCUT2D eigenvalue weighted by atomic mass is 9.78. The quantitative estimate of drug-likeness (QED) is 0.871. The van der Waals surface area contributed by atoms with Gasteiger partial charge < -0.3 is 10.4 Å². The highest BCUT2D eigenvalue weighted by molar-refractivity contribution is 7.14. The molecule has 1 amide bonds.